The fraction of sp³-hybridized carbons (Fsp3) is 0.556. The van der Waals surface area contributed by atoms with Crippen LogP contribution in [0.15, 0.2) is 6.07 Å². The highest BCUT2D eigenvalue weighted by molar-refractivity contribution is 5.29. The largest absolute Gasteiger partial charge is 0.481 e. The van der Waals surface area contributed by atoms with Gasteiger partial charge in [0.15, 0.2) is 0 Å². The quantitative estimate of drug-likeness (QED) is 0.710. The zero-order valence-electron chi connectivity index (χ0n) is 8.46. The Labute approximate surface area is 78.1 Å². The summed E-state index contributed by atoms with van der Waals surface area (Å²) < 4.78 is 5.00. The van der Waals surface area contributed by atoms with Crippen molar-refractivity contribution in [3.05, 3.63) is 11.8 Å². The molecule has 0 aromatic carbocycles. The van der Waals surface area contributed by atoms with Gasteiger partial charge >= 0.3 is 0 Å². The highest BCUT2D eigenvalue weighted by Gasteiger charge is 2.17. The molecule has 0 saturated carbocycles. The van der Waals surface area contributed by atoms with Gasteiger partial charge in [-0.05, 0) is 0 Å². The highest BCUT2D eigenvalue weighted by atomic mass is 16.5. The van der Waals surface area contributed by atoms with Gasteiger partial charge in [0.1, 0.15) is 0 Å². The van der Waals surface area contributed by atoms with Crippen molar-refractivity contribution in [1.29, 1.82) is 0 Å². The summed E-state index contributed by atoms with van der Waals surface area (Å²) in [6.07, 6.45) is 0. The summed E-state index contributed by atoms with van der Waals surface area (Å²) in [7, 11) is 1.56. The Morgan fingerprint density at radius 3 is 2.38 bits per heavy atom. The average Bonchev–Trinajstić information content (AvgIpc) is 2.01. The maximum absolute atomic E-state index is 5.53. The van der Waals surface area contributed by atoms with Gasteiger partial charge in [0, 0.05) is 11.5 Å². The third-order valence-electron chi connectivity index (χ3n) is 1.70. The van der Waals surface area contributed by atoms with Crippen LogP contribution < -0.4 is 10.5 Å². The molecule has 0 fully saturated rings. The van der Waals surface area contributed by atoms with Gasteiger partial charge in [-0.2, -0.15) is 4.98 Å². The van der Waals surface area contributed by atoms with Crippen LogP contribution in [0.5, 0.6) is 5.88 Å². The lowest BCUT2D eigenvalue weighted by Gasteiger charge is -2.17. The van der Waals surface area contributed by atoms with Crippen LogP contribution in [0.1, 0.15) is 26.5 Å². The lowest BCUT2D eigenvalue weighted by molar-refractivity contribution is 0.394. The van der Waals surface area contributed by atoms with E-state index in [1.165, 1.54) is 0 Å². The molecule has 0 saturated heterocycles. The van der Waals surface area contributed by atoms with Gasteiger partial charge in [0.05, 0.1) is 12.8 Å². The minimum atomic E-state index is -0.0374. The molecule has 1 aromatic rings. The molecule has 2 N–H and O–H groups in total. The molecule has 0 bridgehead atoms. The molecular weight excluding hydrogens is 166 g/mol. The van der Waals surface area contributed by atoms with Gasteiger partial charge in [-0.25, -0.2) is 4.98 Å². The predicted molar refractivity (Wildman–Crippen MR) is 51.7 cm³/mol. The van der Waals surface area contributed by atoms with Crippen molar-refractivity contribution in [3.63, 3.8) is 0 Å². The molecule has 0 spiro atoms. The maximum atomic E-state index is 5.53. The summed E-state index contributed by atoms with van der Waals surface area (Å²) in [6.45, 7) is 6.19. The van der Waals surface area contributed by atoms with Crippen LogP contribution in [0.4, 0.5) is 5.95 Å². The first-order valence-electron chi connectivity index (χ1n) is 4.12. The number of anilines is 1. The SMILES string of the molecule is COc1cc(C(C)(C)C)nc(N)n1. The number of rotatable bonds is 1. The second-order valence-electron chi connectivity index (χ2n) is 3.90. The molecule has 72 valence electrons. The van der Waals surface area contributed by atoms with E-state index in [4.69, 9.17) is 10.5 Å². The zero-order valence-corrected chi connectivity index (χ0v) is 8.46. The van der Waals surface area contributed by atoms with E-state index in [-0.39, 0.29) is 11.4 Å². The molecule has 1 heterocycles. The molecule has 4 nitrogen and oxygen atoms in total. The van der Waals surface area contributed by atoms with Crippen LogP contribution in [0, 0.1) is 0 Å². The Hall–Kier alpha value is -1.32. The minimum absolute atomic E-state index is 0.0374. The summed E-state index contributed by atoms with van der Waals surface area (Å²) in [4.78, 5) is 8.05. The summed E-state index contributed by atoms with van der Waals surface area (Å²) in [5.41, 5.74) is 6.38. The molecule has 4 heteroatoms. The van der Waals surface area contributed by atoms with Crippen molar-refractivity contribution in [3.8, 4) is 5.88 Å². The fourth-order valence-corrected chi connectivity index (χ4v) is 0.932. The van der Waals surface area contributed by atoms with Crippen LogP contribution in [-0.4, -0.2) is 17.1 Å². The van der Waals surface area contributed by atoms with Gasteiger partial charge < -0.3 is 10.5 Å². The number of hydrogen-bond acceptors (Lipinski definition) is 4. The fourth-order valence-electron chi connectivity index (χ4n) is 0.932. The second kappa shape index (κ2) is 3.20. The lowest BCUT2D eigenvalue weighted by atomic mass is 9.92. The van der Waals surface area contributed by atoms with E-state index in [0.717, 1.165) is 5.69 Å². The molecule has 13 heavy (non-hydrogen) atoms. The first-order chi connectivity index (χ1) is 5.93. The van der Waals surface area contributed by atoms with E-state index in [1.807, 2.05) is 0 Å². The van der Waals surface area contributed by atoms with Crippen molar-refractivity contribution >= 4 is 5.95 Å². The smallest absolute Gasteiger partial charge is 0.223 e. The van der Waals surface area contributed by atoms with E-state index < -0.39 is 0 Å². The first-order valence-corrected chi connectivity index (χ1v) is 4.12. The number of hydrogen-bond donors (Lipinski definition) is 1. The van der Waals surface area contributed by atoms with E-state index >= 15 is 0 Å². The normalized spacial score (nSPS) is 11.4. The molecule has 0 unspecified atom stereocenters. The second-order valence-corrected chi connectivity index (χ2v) is 3.90. The number of nitrogens with zero attached hydrogens (tertiary/aromatic N) is 2. The van der Waals surface area contributed by atoms with E-state index in [9.17, 15) is 0 Å². The van der Waals surface area contributed by atoms with Gasteiger partial charge in [-0.15, -0.1) is 0 Å². The number of nitrogens with two attached hydrogens (primary N) is 1. The Balaban J connectivity index is 3.16. The van der Waals surface area contributed by atoms with E-state index in [1.54, 1.807) is 13.2 Å². The molecule has 0 atom stereocenters. The van der Waals surface area contributed by atoms with Crippen LogP contribution in [0.3, 0.4) is 0 Å². The summed E-state index contributed by atoms with van der Waals surface area (Å²) in [5.74, 6) is 0.765. The van der Waals surface area contributed by atoms with Crippen LogP contribution in [0.25, 0.3) is 0 Å². The maximum Gasteiger partial charge on any atom is 0.223 e. The lowest BCUT2D eigenvalue weighted by Crippen LogP contribution is -2.15. The molecule has 0 aliphatic carbocycles. The molecule has 0 aliphatic heterocycles. The van der Waals surface area contributed by atoms with Gasteiger partial charge in [0.2, 0.25) is 11.8 Å². The van der Waals surface area contributed by atoms with E-state index in [2.05, 4.69) is 30.7 Å². The number of aromatic nitrogens is 2. The summed E-state index contributed by atoms with van der Waals surface area (Å²) >= 11 is 0. The molecule has 0 radical (unpaired) electrons. The minimum Gasteiger partial charge on any atom is -0.481 e. The number of ether oxygens (including phenoxy) is 1. The Bertz CT molecular complexity index is 304. The van der Waals surface area contributed by atoms with Crippen molar-refractivity contribution in [2.45, 2.75) is 26.2 Å². The monoisotopic (exact) mass is 181 g/mol. The summed E-state index contributed by atoms with van der Waals surface area (Å²) in [6, 6.07) is 1.80. The van der Waals surface area contributed by atoms with E-state index in [0.29, 0.717) is 5.88 Å². The van der Waals surface area contributed by atoms with Crippen LogP contribution >= 0.6 is 0 Å². The van der Waals surface area contributed by atoms with Gasteiger partial charge in [0.25, 0.3) is 0 Å². The van der Waals surface area contributed by atoms with Crippen molar-refractivity contribution in [2.75, 3.05) is 12.8 Å². The standard InChI is InChI=1S/C9H15N3O/c1-9(2,3)6-5-7(13-4)12-8(10)11-6/h5H,1-4H3,(H2,10,11,12). The van der Waals surface area contributed by atoms with Crippen LogP contribution in [-0.2, 0) is 5.41 Å². The topological polar surface area (TPSA) is 61.0 Å². The van der Waals surface area contributed by atoms with Crippen LogP contribution in [0.2, 0.25) is 0 Å². The average molecular weight is 181 g/mol. The molecular formula is C9H15N3O. The Morgan fingerprint density at radius 1 is 1.31 bits per heavy atom. The number of nitrogen functional groups attached to an aromatic ring is 1. The Kier molecular flexibility index (Phi) is 2.40. The molecule has 1 rings (SSSR count). The third-order valence-corrected chi connectivity index (χ3v) is 1.70. The van der Waals surface area contributed by atoms with Crippen molar-refractivity contribution in [1.82, 2.24) is 9.97 Å². The van der Waals surface area contributed by atoms with Crippen molar-refractivity contribution in [2.24, 2.45) is 0 Å². The highest BCUT2D eigenvalue weighted by Crippen LogP contribution is 2.23. The van der Waals surface area contributed by atoms with Gasteiger partial charge in [-0.1, -0.05) is 20.8 Å². The van der Waals surface area contributed by atoms with Crippen molar-refractivity contribution < 1.29 is 4.74 Å². The zero-order chi connectivity index (χ0) is 10.1. The number of methoxy groups -OCH3 is 1. The summed E-state index contributed by atoms with van der Waals surface area (Å²) in [5, 5.41) is 0. The molecule has 0 amide bonds. The predicted octanol–water partition coefficient (Wildman–Crippen LogP) is 1.36. The van der Waals surface area contributed by atoms with Gasteiger partial charge in [-0.3, -0.25) is 0 Å². The molecule has 0 aliphatic rings. The first kappa shape index (κ1) is 9.77. The third kappa shape index (κ3) is 2.31. The Morgan fingerprint density at radius 2 is 1.92 bits per heavy atom. The molecule has 1 aromatic heterocycles.